The number of halogens is 1. The number of phenols is 1. The Bertz CT molecular complexity index is 719. The summed E-state index contributed by atoms with van der Waals surface area (Å²) in [6.07, 6.45) is 15.2. The SMILES string of the molecule is C\C(F)=C/C(C=O)=C\C=C\C=C\c1cc(COC2CCCC2)ccc1O. The van der Waals surface area contributed by atoms with E-state index < -0.39 is 5.83 Å². The van der Waals surface area contributed by atoms with Gasteiger partial charge in [0, 0.05) is 11.1 Å². The summed E-state index contributed by atoms with van der Waals surface area (Å²) in [5, 5.41) is 9.97. The molecule has 3 nitrogen and oxygen atoms in total. The van der Waals surface area contributed by atoms with Crippen molar-refractivity contribution >= 4 is 12.4 Å². The van der Waals surface area contributed by atoms with Gasteiger partial charge < -0.3 is 9.84 Å². The van der Waals surface area contributed by atoms with Crippen molar-refractivity contribution in [2.24, 2.45) is 0 Å². The lowest BCUT2D eigenvalue weighted by Crippen LogP contribution is -2.07. The Morgan fingerprint density at radius 3 is 2.73 bits per heavy atom. The second-order valence-electron chi connectivity index (χ2n) is 6.37. The van der Waals surface area contributed by atoms with Crippen LogP contribution < -0.4 is 0 Å². The van der Waals surface area contributed by atoms with Gasteiger partial charge in [-0.25, -0.2) is 4.39 Å². The van der Waals surface area contributed by atoms with Crippen molar-refractivity contribution in [2.45, 2.75) is 45.3 Å². The number of ether oxygens (including phenoxy) is 1. The highest BCUT2D eigenvalue weighted by Crippen LogP contribution is 2.24. The zero-order valence-electron chi connectivity index (χ0n) is 15.0. The predicted octanol–water partition coefficient (Wildman–Crippen LogP) is 5.42. The molecule has 1 saturated carbocycles. The molecule has 0 bridgehead atoms. The first-order valence-corrected chi connectivity index (χ1v) is 8.86. The molecule has 1 aliphatic carbocycles. The quantitative estimate of drug-likeness (QED) is 0.384. The standard InChI is InChI=1S/C22H25FO3/c1-17(23)13-18(15-24)7-3-2-4-8-20-14-19(11-12-22(20)25)16-26-21-9-5-6-10-21/h2-4,7-8,11-15,21,25H,5-6,9-10,16H2,1H3/b3-2+,8-4+,17-13+,18-7+. The lowest BCUT2D eigenvalue weighted by atomic mass is 10.1. The van der Waals surface area contributed by atoms with Gasteiger partial charge in [-0.1, -0.05) is 49.3 Å². The Labute approximate surface area is 154 Å². The summed E-state index contributed by atoms with van der Waals surface area (Å²) in [5.41, 5.74) is 1.97. The minimum Gasteiger partial charge on any atom is -0.507 e. The smallest absolute Gasteiger partial charge is 0.150 e. The molecule has 1 fully saturated rings. The molecule has 1 N–H and O–H groups in total. The van der Waals surface area contributed by atoms with Crippen LogP contribution in [-0.2, 0) is 16.1 Å². The maximum atomic E-state index is 12.8. The summed E-state index contributed by atoms with van der Waals surface area (Å²) in [6.45, 7) is 1.83. The van der Waals surface area contributed by atoms with E-state index in [0.717, 1.165) is 18.4 Å². The van der Waals surface area contributed by atoms with Gasteiger partial charge in [-0.3, -0.25) is 4.79 Å². The van der Waals surface area contributed by atoms with Gasteiger partial charge in [0.25, 0.3) is 0 Å². The van der Waals surface area contributed by atoms with E-state index in [4.69, 9.17) is 4.74 Å². The van der Waals surface area contributed by atoms with Crippen LogP contribution in [-0.4, -0.2) is 17.5 Å². The highest BCUT2D eigenvalue weighted by atomic mass is 19.1. The Morgan fingerprint density at radius 1 is 1.27 bits per heavy atom. The molecule has 0 radical (unpaired) electrons. The normalized spacial score (nSPS) is 16.8. The second kappa shape index (κ2) is 10.5. The first-order valence-electron chi connectivity index (χ1n) is 8.86. The van der Waals surface area contributed by atoms with E-state index in [0.29, 0.717) is 24.6 Å². The van der Waals surface area contributed by atoms with Crippen LogP contribution in [0.2, 0.25) is 0 Å². The molecule has 138 valence electrons. The average Bonchev–Trinajstić information content (AvgIpc) is 3.14. The van der Waals surface area contributed by atoms with Crippen LogP contribution in [0.3, 0.4) is 0 Å². The number of hydrogen-bond acceptors (Lipinski definition) is 3. The fourth-order valence-electron chi connectivity index (χ4n) is 2.84. The third-order valence-electron chi connectivity index (χ3n) is 4.17. The van der Waals surface area contributed by atoms with Crippen LogP contribution in [0, 0.1) is 0 Å². The fourth-order valence-corrected chi connectivity index (χ4v) is 2.84. The van der Waals surface area contributed by atoms with E-state index in [1.807, 2.05) is 12.1 Å². The van der Waals surface area contributed by atoms with E-state index >= 15 is 0 Å². The predicted molar refractivity (Wildman–Crippen MR) is 102 cm³/mol. The van der Waals surface area contributed by atoms with Gasteiger partial charge in [-0.15, -0.1) is 0 Å². The first-order chi connectivity index (χ1) is 12.6. The third-order valence-corrected chi connectivity index (χ3v) is 4.17. The summed E-state index contributed by atoms with van der Waals surface area (Å²) in [7, 11) is 0. The number of aldehydes is 1. The lowest BCUT2D eigenvalue weighted by molar-refractivity contribution is -0.104. The summed E-state index contributed by atoms with van der Waals surface area (Å²) in [6, 6.07) is 5.43. The molecule has 1 aliphatic rings. The van der Waals surface area contributed by atoms with Gasteiger partial charge >= 0.3 is 0 Å². The van der Waals surface area contributed by atoms with Crippen LogP contribution >= 0.6 is 0 Å². The molecule has 0 saturated heterocycles. The average molecular weight is 356 g/mol. The molecule has 2 rings (SSSR count). The number of benzene rings is 1. The molecule has 0 aromatic heterocycles. The molecule has 1 aromatic rings. The number of allylic oxidation sites excluding steroid dienone is 7. The topological polar surface area (TPSA) is 46.5 Å². The van der Waals surface area contributed by atoms with Gasteiger partial charge in [0.2, 0.25) is 0 Å². The molecule has 1 aromatic carbocycles. The van der Waals surface area contributed by atoms with Crippen molar-refractivity contribution in [3.63, 3.8) is 0 Å². The van der Waals surface area contributed by atoms with Gasteiger partial charge in [0.05, 0.1) is 18.5 Å². The number of carbonyl (C=O) groups excluding carboxylic acids is 1. The van der Waals surface area contributed by atoms with Crippen molar-refractivity contribution in [3.05, 3.63) is 71.1 Å². The van der Waals surface area contributed by atoms with E-state index in [-0.39, 0.29) is 11.3 Å². The number of hydrogen-bond donors (Lipinski definition) is 1. The Hall–Kier alpha value is -2.46. The molecular formula is C22H25FO3. The Morgan fingerprint density at radius 2 is 2.04 bits per heavy atom. The minimum absolute atomic E-state index is 0.194. The Balaban J connectivity index is 1.96. The van der Waals surface area contributed by atoms with Crippen molar-refractivity contribution in [2.75, 3.05) is 0 Å². The molecule has 0 amide bonds. The zero-order chi connectivity index (χ0) is 18.8. The molecule has 4 heteroatoms. The number of carbonyl (C=O) groups is 1. The molecular weight excluding hydrogens is 331 g/mol. The Kier molecular flexibility index (Phi) is 8.03. The zero-order valence-corrected chi connectivity index (χ0v) is 15.0. The van der Waals surface area contributed by atoms with Crippen molar-refractivity contribution in [3.8, 4) is 5.75 Å². The van der Waals surface area contributed by atoms with Crippen molar-refractivity contribution in [1.29, 1.82) is 0 Å². The van der Waals surface area contributed by atoms with Gasteiger partial charge in [0.15, 0.2) is 0 Å². The molecule has 26 heavy (non-hydrogen) atoms. The second-order valence-corrected chi connectivity index (χ2v) is 6.37. The van der Waals surface area contributed by atoms with E-state index in [9.17, 15) is 14.3 Å². The van der Waals surface area contributed by atoms with Gasteiger partial charge in [0.1, 0.15) is 12.0 Å². The van der Waals surface area contributed by atoms with Crippen molar-refractivity contribution < 1.29 is 19.0 Å². The number of rotatable bonds is 8. The molecule has 0 unspecified atom stereocenters. The largest absolute Gasteiger partial charge is 0.507 e. The molecule has 0 spiro atoms. The maximum Gasteiger partial charge on any atom is 0.150 e. The van der Waals surface area contributed by atoms with Gasteiger partial charge in [-0.2, -0.15) is 0 Å². The molecule has 0 aliphatic heterocycles. The fraction of sp³-hybridized carbons (Fsp3) is 0.318. The van der Waals surface area contributed by atoms with Crippen molar-refractivity contribution in [1.82, 2.24) is 0 Å². The minimum atomic E-state index is -0.422. The van der Waals surface area contributed by atoms with Crippen LogP contribution in [0.4, 0.5) is 4.39 Å². The summed E-state index contributed by atoms with van der Waals surface area (Å²) < 4.78 is 18.7. The molecule has 0 heterocycles. The highest BCUT2D eigenvalue weighted by Gasteiger charge is 2.15. The lowest BCUT2D eigenvalue weighted by Gasteiger charge is -2.11. The summed E-state index contributed by atoms with van der Waals surface area (Å²) in [4.78, 5) is 10.8. The first kappa shape index (κ1) is 19.9. The highest BCUT2D eigenvalue weighted by molar-refractivity contribution is 5.78. The van der Waals surface area contributed by atoms with Gasteiger partial charge in [-0.05, 0) is 43.5 Å². The van der Waals surface area contributed by atoms with Crippen LogP contribution in [0.25, 0.3) is 6.08 Å². The van der Waals surface area contributed by atoms with Crippen LogP contribution in [0.5, 0.6) is 5.75 Å². The summed E-state index contributed by atoms with van der Waals surface area (Å²) >= 11 is 0. The third kappa shape index (κ3) is 6.81. The van der Waals surface area contributed by atoms with Crippen LogP contribution in [0.1, 0.15) is 43.7 Å². The monoisotopic (exact) mass is 356 g/mol. The molecule has 0 atom stereocenters. The van der Waals surface area contributed by atoms with E-state index in [1.54, 1.807) is 30.4 Å². The van der Waals surface area contributed by atoms with E-state index in [2.05, 4.69) is 0 Å². The maximum absolute atomic E-state index is 12.8. The summed E-state index contributed by atoms with van der Waals surface area (Å²) in [5.74, 6) is -0.228. The number of aromatic hydroxyl groups is 1. The van der Waals surface area contributed by atoms with Crippen LogP contribution in [0.15, 0.2) is 60.0 Å². The number of phenolic OH excluding ortho intramolecular Hbond substituents is 1. The van der Waals surface area contributed by atoms with E-state index in [1.165, 1.54) is 31.9 Å².